The molecule has 1 aromatic carbocycles. The highest BCUT2D eigenvalue weighted by atomic mass is 19.2. The molecule has 0 saturated heterocycles. The molecule has 1 unspecified atom stereocenters. The number of hydrogen-bond acceptors (Lipinski definition) is 3. The Balaban J connectivity index is 3.42. The van der Waals surface area contributed by atoms with E-state index < -0.39 is 46.2 Å². The number of Topliss-reactive ketones (excluding diaryl/α,β-unsaturated/α-hetero) is 1. The molecule has 1 N–H and O–H groups in total. The van der Waals surface area contributed by atoms with Gasteiger partial charge >= 0.3 is 5.97 Å². The van der Waals surface area contributed by atoms with Crippen LogP contribution in [0.2, 0.25) is 0 Å². The first-order valence-corrected chi connectivity index (χ1v) is 4.67. The zero-order valence-corrected chi connectivity index (χ0v) is 9.04. The van der Waals surface area contributed by atoms with E-state index in [1.54, 1.807) is 0 Å². The van der Waals surface area contributed by atoms with Gasteiger partial charge in [0.25, 0.3) is 0 Å². The van der Waals surface area contributed by atoms with E-state index >= 15 is 0 Å². The topological polar surface area (TPSA) is 71.4 Å². The summed E-state index contributed by atoms with van der Waals surface area (Å²) in [5.41, 5.74) is -1.61. The molecule has 0 spiro atoms. The summed E-state index contributed by atoms with van der Waals surface area (Å²) in [6.45, 7) is 0.915. The van der Waals surface area contributed by atoms with Gasteiger partial charge in [-0.1, -0.05) is 0 Å². The van der Waals surface area contributed by atoms with Crippen LogP contribution in [0.15, 0.2) is 6.07 Å². The third-order valence-electron chi connectivity index (χ3n) is 2.34. The molecular formula is C11H7F3O4. The van der Waals surface area contributed by atoms with Crippen LogP contribution in [-0.2, 0) is 9.59 Å². The first-order chi connectivity index (χ1) is 8.31. The number of ketones is 1. The molecule has 0 bridgehead atoms. The van der Waals surface area contributed by atoms with Crippen molar-refractivity contribution in [2.45, 2.75) is 6.92 Å². The van der Waals surface area contributed by atoms with Gasteiger partial charge in [0.2, 0.25) is 0 Å². The van der Waals surface area contributed by atoms with E-state index in [2.05, 4.69) is 0 Å². The lowest BCUT2D eigenvalue weighted by atomic mass is 9.94. The lowest BCUT2D eigenvalue weighted by molar-refractivity contribution is -0.141. The largest absolute Gasteiger partial charge is 0.480 e. The van der Waals surface area contributed by atoms with Gasteiger partial charge in [-0.2, -0.15) is 0 Å². The van der Waals surface area contributed by atoms with Crippen molar-refractivity contribution in [1.82, 2.24) is 0 Å². The lowest BCUT2D eigenvalue weighted by Crippen LogP contribution is -2.27. The number of aliphatic carboxylic acids is 1. The first kappa shape index (κ1) is 13.9. The predicted octanol–water partition coefficient (Wildman–Crippen LogP) is 1.49. The summed E-state index contributed by atoms with van der Waals surface area (Å²) in [6.07, 6.45) is -0.204. The Morgan fingerprint density at radius 1 is 1.28 bits per heavy atom. The van der Waals surface area contributed by atoms with Crippen molar-refractivity contribution in [3.63, 3.8) is 0 Å². The first-order valence-electron chi connectivity index (χ1n) is 4.67. The number of carbonyl (C=O) groups excluding carboxylic acids is 2. The third kappa shape index (κ3) is 2.24. The average molecular weight is 260 g/mol. The van der Waals surface area contributed by atoms with Crippen molar-refractivity contribution in [3.8, 4) is 0 Å². The highest BCUT2D eigenvalue weighted by Crippen LogP contribution is 2.22. The Kier molecular flexibility index (Phi) is 3.85. The van der Waals surface area contributed by atoms with Crippen LogP contribution in [0.1, 0.15) is 15.9 Å². The van der Waals surface area contributed by atoms with Crippen LogP contribution in [-0.4, -0.2) is 23.1 Å². The van der Waals surface area contributed by atoms with Gasteiger partial charge in [0.05, 0.1) is 5.56 Å². The Bertz CT molecular complexity index is 540. The van der Waals surface area contributed by atoms with Gasteiger partial charge in [-0.25, -0.2) is 13.2 Å². The van der Waals surface area contributed by atoms with Crippen molar-refractivity contribution in [2.24, 2.45) is 5.92 Å². The highest BCUT2D eigenvalue weighted by molar-refractivity contribution is 6.17. The Hall–Kier alpha value is -2.18. The summed E-state index contributed by atoms with van der Waals surface area (Å²) in [5, 5.41) is 8.57. The Morgan fingerprint density at radius 3 is 2.28 bits per heavy atom. The third-order valence-corrected chi connectivity index (χ3v) is 2.34. The number of carboxylic acid groups (broad SMARTS) is 1. The normalized spacial score (nSPS) is 12.0. The molecular weight excluding hydrogens is 253 g/mol. The highest BCUT2D eigenvalue weighted by Gasteiger charge is 2.31. The van der Waals surface area contributed by atoms with Crippen molar-refractivity contribution < 1.29 is 32.7 Å². The van der Waals surface area contributed by atoms with Gasteiger partial charge in [-0.05, 0) is 6.92 Å². The molecule has 4 nitrogen and oxygen atoms in total. The fourth-order valence-electron chi connectivity index (χ4n) is 1.40. The maximum atomic E-state index is 13.4. The molecule has 7 heteroatoms. The molecule has 0 aliphatic heterocycles. The summed E-state index contributed by atoms with van der Waals surface area (Å²) in [7, 11) is 0. The van der Waals surface area contributed by atoms with E-state index in [4.69, 9.17) is 5.11 Å². The maximum absolute atomic E-state index is 13.4. The second-order valence-electron chi connectivity index (χ2n) is 3.47. The van der Waals surface area contributed by atoms with Gasteiger partial charge in [0.15, 0.2) is 23.3 Å². The van der Waals surface area contributed by atoms with Crippen LogP contribution in [0.3, 0.4) is 0 Å². The van der Waals surface area contributed by atoms with E-state index in [1.165, 1.54) is 0 Å². The van der Waals surface area contributed by atoms with Crippen LogP contribution in [0.5, 0.6) is 0 Å². The summed E-state index contributed by atoms with van der Waals surface area (Å²) in [4.78, 5) is 32.6. The van der Waals surface area contributed by atoms with Crippen LogP contribution in [0, 0.1) is 30.3 Å². The number of aldehydes is 1. The van der Waals surface area contributed by atoms with Crippen molar-refractivity contribution in [1.29, 1.82) is 0 Å². The van der Waals surface area contributed by atoms with Gasteiger partial charge in [0.1, 0.15) is 12.1 Å². The Morgan fingerprint density at radius 2 is 1.83 bits per heavy atom. The molecule has 1 aromatic rings. The van der Waals surface area contributed by atoms with E-state index in [0.29, 0.717) is 0 Å². The van der Waals surface area contributed by atoms with E-state index in [-0.39, 0.29) is 12.4 Å². The zero-order chi connectivity index (χ0) is 14.0. The number of carboxylic acids is 1. The molecule has 18 heavy (non-hydrogen) atoms. The minimum atomic E-state index is -2.15. The fraction of sp³-hybridized carbons (Fsp3) is 0.182. The number of carbonyl (C=O) groups is 3. The van der Waals surface area contributed by atoms with Crippen molar-refractivity contribution >= 4 is 18.0 Å². The van der Waals surface area contributed by atoms with Crippen LogP contribution in [0.25, 0.3) is 0 Å². The lowest BCUT2D eigenvalue weighted by Gasteiger charge is -2.10. The standard InChI is InChI=1S/C11H7F3O4/c1-4-8(6(12)2-7(13)9(4)14)10(16)5(3-15)11(17)18/h2-3,5H,1H3,(H,17,18). The molecule has 1 atom stereocenters. The summed E-state index contributed by atoms with van der Waals surface area (Å²) in [6, 6.07) is 0.124. The molecule has 0 fully saturated rings. The minimum Gasteiger partial charge on any atom is -0.480 e. The molecule has 0 aliphatic rings. The molecule has 0 saturated carbocycles. The number of rotatable bonds is 4. The number of halogens is 3. The van der Waals surface area contributed by atoms with Crippen LogP contribution >= 0.6 is 0 Å². The second-order valence-corrected chi connectivity index (χ2v) is 3.47. The summed E-state index contributed by atoms with van der Waals surface area (Å²) in [5.74, 6) is -9.74. The molecule has 1 rings (SSSR count). The SMILES string of the molecule is Cc1c(F)c(F)cc(F)c1C(=O)C(C=O)C(=O)O. The number of benzene rings is 1. The molecule has 0 heterocycles. The average Bonchev–Trinajstić information content (AvgIpc) is 2.26. The zero-order valence-electron chi connectivity index (χ0n) is 9.04. The van der Waals surface area contributed by atoms with E-state index in [0.717, 1.165) is 6.92 Å². The molecule has 96 valence electrons. The van der Waals surface area contributed by atoms with Gasteiger partial charge in [-0.3, -0.25) is 9.59 Å². The molecule has 0 amide bonds. The van der Waals surface area contributed by atoms with Gasteiger partial charge in [-0.15, -0.1) is 0 Å². The predicted molar refractivity (Wildman–Crippen MR) is 52.6 cm³/mol. The smallest absolute Gasteiger partial charge is 0.321 e. The van der Waals surface area contributed by atoms with Gasteiger partial charge < -0.3 is 9.90 Å². The monoisotopic (exact) mass is 260 g/mol. The van der Waals surface area contributed by atoms with Crippen molar-refractivity contribution in [3.05, 3.63) is 34.6 Å². The quantitative estimate of drug-likeness (QED) is 0.385. The van der Waals surface area contributed by atoms with E-state index in [9.17, 15) is 27.6 Å². The van der Waals surface area contributed by atoms with Crippen LogP contribution < -0.4 is 0 Å². The minimum absolute atomic E-state index is 0.124. The number of hydrogen-bond donors (Lipinski definition) is 1. The van der Waals surface area contributed by atoms with E-state index in [1.807, 2.05) is 0 Å². The van der Waals surface area contributed by atoms with Crippen molar-refractivity contribution in [2.75, 3.05) is 0 Å². The second kappa shape index (κ2) is 4.99. The molecule has 0 aromatic heterocycles. The Labute approximate surface area is 99.0 Å². The summed E-state index contributed by atoms with van der Waals surface area (Å²) >= 11 is 0. The fourth-order valence-corrected chi connectivity index (χ4v) is 1.40. The maximum Gasteiger partial charge on any atom is 0.321 e. The molecule has 0 aliphatic carbocycles. The van der Waals surface area contributed by atoms with Crippen LogP contribution in [0.4, 0.5) is 13.2 Å². The van der Waals surface area contributed by atoms with Gasteiger partial charge in [0, 0.05) is 11.6 Å². The summed E-state index contributed by atoms with van der Waals surface area (Å²) < 4.78 is 39.3. The molecule has 0 radical (unpaired) electrons.